The van der Waals surface area contributed by atoms with Crippen LogP contribution in [0.1, 0.15) is 37.7 Å². The van der Waals surface area contributed by atoms with E-state index in [0.717, 1.165) is 23.5 Å². The average molecular weight is 294 g/mol. The number of hydrogen-bond acceptors (Lipinski definition) is 4. The van der Waals surface area contributed by atoms with Gasteiger partial charge in [0.2, 0.25) is 0 Å². The average Bonchev–Trinajstić information content (AvgIpc) is 2.64. The van der Waals surface area contributed by atoms with E-state index in [-0.39, 0.29) is 5.54 Å². The fourth-order valence-electron chi connectivity index (χ4n) is 1.73. The largest absolute Gasteiger partial charge is 0.308 e. The first-order chi connectivity index (χ1) is 9.28. The Labute approximate surface area is 124 Å². The van der Waals surface area contributed by atoms with Crippen LogP contribution in [0.5, 0.6) is 0 Å². The van der Waals surface area contributed by atoms with Crippen molar-refractivity contribution >= 4 is 11.6 Å². The number of halogens is 1. The molecule has 0 aromatic carbocycles. The molecule has 0 atom stereocenters. The monoisotopic (exact) mass is 293 g/mol. The molecule has 2 heterocycles. The maximum atomic E-state index is 6.13. The first-order valence-corrected chi connectivity index (χ1v) is 6.94. The minimum Gasteiger partial charge on any atom is -0.308 e. The van der Waals surface area contributed by atoms with Crippen LogP contribution >= 0.6 is 11.6 Å². The Morgan fingerprint density at radius 1 is 1.20 bits per heavy atom. The second-order valence-electron chi connectivity index (χ2n) is 5.89. The Kier molecular flexibility index (Phi) is 4.11. The molecule has 0 spiro atoms. The van der Waals surface area contributed by atoms with E-state index in [1.54, 1.807) is 4.68 Å². The summed E-state index contributed by atoms with van der Waals surface area (Å²) < 4.78 is 1.67. The van der Waals surface area contributed by atoms with Crippen molar-refractivity contribution in [3.63, 3.8) is 0 Å². The van der Waals surface area contributed by atoms with Crippen molar-refractivity contribution in [2.24, 2.45) is 0 Å². The van der Waals surface area contributed by atoms with E-state index in [2.05, 4.69) is 41.2 Å². The minimum absolute atomic E-state index is 0.0713. The van der Waals surface area contributed by atoms with Gasteiger partial charge in [-0.15, -0.1) is 0 Å². The van der Waals surface area contributed by atoms with Crippen LogP contribution in [-0.2, 0) is 6.54 Å². The zero-order valence-electron chi connectivity index (χ0n) is 12.5. The number of aryl methyl sites for hydroxylation is 1. The molecular weight excluding hydrogens is 274 g/mol. The van der Waals surface area contributed by atoms with E-state index < -0.39 is 0 Å². The SMILES string of the molecule is Cc1nn(-c2ncc(CNC(C)(C)C)cn2)c(C)c1Cl. The highest BCUT2D eigenvalue weighted by molar-refractivity contribution is 6.31. The molecule has 1 N–H and O–H groups in total. The molecule has 0 radical (unpaired) electrons. The van der Waals surface area contributed by atoms with E-state index in [1.165, 1.54) is 0 Å². The molecule has 0 aliphatic heterocycles. The van der Waals surface area contributed by atoms with Gasteiger partial charge in [0.05, 0.1) is 16.4 Å². The van der Waals surface area contributed by atoms with Crippen LogP contribution < -0.4 is 5.32 Å². The Morgan fingerprint density at radius 3 is 2.25 bits per heavy atom. The second-order valence-corrected chi connectivity index (χ2v) is 6.27. The van der Waals surface area contributed by atoms with Gasteiger partial charge >= 0.3 is 0 Å². The predicted molar refractivity (Wildman–Crippen MR) is 80.2 cm³/mol. The molecule has 0 aliphatic rings. The van der Waals surface area contributed by atoms with E-state index in [4.69, 9.17) is 11.6 Å². The van der Waals surface area contributed by atoms with Crippen LogP contribution in [0.2, 0.25) is 5.02 Å². The van der Waals surface area contributed by atoms with Crippen LogP contribution in [0, 0.1) is 13.8 Å². The van der Waals surface area contributed by atoms with Crippen molar-refractivity contribution < 1.29 is 0 Å². The van der Waals surface area contributed by atoms with E-state index in [1.807, 2.05) is 26.2 Å². The number of rotatable bonds is 3. The number of hydrogen-bond donors (Lipinski definition) is 1. The molecule has 0 amide bonds. The Balaban J connectivity index is 2.18. The molecule has 0 aliphatic carbocycles. The summed E-state index contributed by atoms with van der Waals surface area (Å²) in [5.74, 6) is 0.539. The summed E-state index contributed by atoms with van der Waals surface area (Å²) in [6.07, 6.45) is 3.62. The molecule has 0 bridgehead atoms. The summed E-state index contributed by atoms with van der Waals surface area (Å²) in [5, 5.41) is 8.40. The van der Waals surface area contributed by atoms with Gasteiger partial charge in [0.15, 0.2) is 0 Å². The zero-order chi connectivity index (χ0) is 14.9. The van der Waals surface area contributed by atoms with Crippen molar-refractivity contribution in [3.05, 3.63) is 34.4 Å². The number of nitrogens with zero attached hydrogens (tertiary/aromatic N) is 4. The molecule has 20 heavy (non-hydrogen) atoms. The van der Waals surface area contributed by atoms with Crippen LogP contribution in [0.3, 0.4) is 0 Å². The quantitative estimate of drug-likeness (QED) is 0.945. The maximum absolute atomic E-state index is 6.13. The van der Waals surface area contributed by atoms with Gasteiger partial charge in [-0.05, 0) is 34.6 Å². The third-order valence-electron chi connectivity index (χ3n) is 2.91. The van der Waals surface area contributed by atoms with Crippen LogP contribution in [0.15, 0.2) is 12.4 Å². The van der Waals surface area contributed by atoms with E-state index in [0.29, 0.717) is 11.0 Å². The predicted octanol–water partition coefficient (Wildman–Crippen LogP) is 2.82. The fraction of sp³-hybridized carbons (Fsp3) is 0.500. The highest BCUT2D eigenvalue weighted by Gasteiger charge is 2.13. The summed E-state index contributed by atoms with van der Waals surface area (Å²) in [6, 6.07) is 0. The third kappa shape index (κ3) is 3.35. The molecule has 0 saturated carbocycles. The lowest BCUT2D eigenvalue weighted by atomic mass is 10.1. The van der Waals surface area contributed by atoms with Crippen LogP contribution in [-0.4, -0.2) is 25.3 Å². The van der Waals surface area contributed by atoms with Gasteiger partial charge in [0.25, 0.3) is 5.95 Å². The Bertz CT molecular complexity index is 595. The third-order valence-corrected chi connectivity index (χ3v) is 3.45. The molecular formula is C14H20ClN5. The topological polar surface area (TPSA) is 55.6 Å². The molecule has 0 unspecified atom stereocenters. The first kappa shape index (κ1) is 14.9. The molecule has 0 saturated heterocycles. The van der Waals surface area contributed by atoms with Crippen molar-refractivity contribution in [1.82, 2.24) is 25.1 Å². The second kappa shape index (κ2) is 5.50. The highest BCUT2D eigenvalue weighted by Crippen LogP contribution is 2.20. The summed E-state index contributed by atoms with van der Waals surface area (Å²) in [6.45, 7) is 10.9. The minimum atomic E-state index is 0.0713. The summed E-state index contributed by atoms with van der Waals surface area (Å²) in [5.41, 5.74) is 2.74. The van der Waals surface area contributed by atoms with Crippen molar-refractivity contribution in [1.29, 1.82) is 0 Å². The normalized spacial score (nSPS) is 11.9. The molecule has 5 nitrogen and oxygen atoms in total. The Hall–Kier alpha value is -1.46. The zero-order valence-corrected chi connectivity index (χ0v) is 13.3. The molecule has 2 rings (SSSR count). The smallest absolute Gasteiger partial charge is 0.250 e. The summed E-state index contributed by atoms with van der Waals surface area (Å²) >= 11 is 6.13. The van der Waals surface area contributed by atoms with Crippen molar-refractivity contribution in [2.45, 2.75) is 46.7 Å². The highest BCUT2D eigenvalue weighted by atomic mass is 35.5. The first-order valence-electron chi connectivity index (χ1n) is 6.56. The van der Waals surface area contributed by atoms with Gasteiger partial charge in [-0.1, -0.05) is 11.6 Å². The standard InChI is InChI=1S/C14H20ClN5/c1-9-12(15)10(2)20(19-9)13-16-6-11(7-17-13)8-18-14(3,4)5/h6-7,18H,8H2,1-5H3. The van der Waals surface area contributed by atoms with Gasteiger partial charge in [-0.3, -0.25) is 0 Å². The van der Waals surface area contributed by atoms with Gasteiger partial charge in [0, 0.05) is 30.0 Å². The van der Waals surface area contributed by atoms with Crippen molar-refractivity contribution in [3.8, 4) is 5.95 Å². The number of nitrogens with one attached hydrogen (secondary N) is 1. The molecule has 0 fully saturated rings. The van der Waals surface area contributed by atoms with Gasteiger partial charge in [-0.2, -0.15) is 5.10 Å². The van der Waals surface area contributed by atoms with Gasteiger partial charge < -0.3 is 5.32 Å². The lowest BCUT2D eigenvalue weighted by molar-refractivity contribution is 0.423. The summed E-state index contributed by atoms with van der Waals surface area (Å²) in [7, 11) is 0. The van der Waals surface area contributed by atoms with Gasteiger partial charge in [-0.25, -0.2) is 14.6 Å². The molecule has 6 heteroatoms. The fourth-order valence-corrected chi connectivity index (χ4v) is 1.85. The molecule has 2 aromatic rings. The lowest BCUT2D eigenvalue weighted by Gasteiger charge is -2.20. The molecule has 2 aromatic heterocycles. The van der Waals surface area contributed by atoms with Crippen LogP contribution in [0.4, 0.5) is 0 Å². The van der Waals surface area contributed by atoms with Crippen molar-refractivity contribution in [2.75, 3.05) is 0 Å². The van der Waals surface area contributed by atoms with Gasteiger partial charge in [0.1, 0.15) is 0 Å². The molecule has 108 valence electrons. The Morgan fingerprint density at radius 2 is 1.80 bits per heavy atom. The number of aromatic nitrogens is 4. The van der Waals surface area contributed by atoms with E-state index in [9.17, 15) is 0 Å². The van der Waals surface area contributed by atoms with Crippen LogP contribution in [0.25, 0.3) is 5.95 Å². The summed E-state index contributed by atoms with van der Waals surface area (Å²) in [4.78, 5) is 8.71. The van der Waals surface area contributed by atoms with E-state index >= 15 is 0 Å². The maximum Gasteiger partial charge on any atom is 0.250 e. The lowest BCUT2D eigenvalue weighted by Crippen LogP contribution is -2.35.